The summed E-state index contributed by atoms with van der Waals surface area (Å²) in [6.07, 6.45) is 9.29. The van der Waals surface area contributed by atoms with Crippen molar-refractivity contribution in [3.05, 3.63) is 156 Å². The molecular formula is C37H25NO. The summed E-state index contributed by atoms with van der Waals surface area (Å²) in [5, 5.41) is 6.05. The number of para-hydroxylation sites is 1. The molecule has 1 heterocycles. The molecular weight excluding hydrogens is 474 g/mol. The molecule has 2 unspecified atom stereocenters. The number of furan rings is 1. The summed E-state index contributed by atoms with van der Waals surface area (Å²) in [5.74, 6) is 0.679. The van der Waals surface area contributed by atoms with E-state index in [0.717, 1.165) is 33.3 Å². The van der Waals surface area contributed by atoms with Crippen LogP contribution in [-0.2, 0) is 5.41 Å². The fraction of sp³-hybridized carbons (Fsp3) is 0.0811. The highest BCUT2D eigenvalue weighted by molar-refractivity contribution is 6.12. The van der Waals surface area contributed by atoms with Gasteiger partial charge in [-0.2, -0.15) is 0 Å². The molecule has 0 saturated heterocycles. The monoisotopic (exact) mass is 499 g/mol. The highest BCUT2D eigenvalue weighted by Gasteiger charge is 2.56. The fourth-order valence-electron chi connectivity index (χ4n) is 7.72. The first-order chi connectivity index (χ1) is 19.3. The normalized spacial score (nSPS) is 19.3. The maximum Gasteiger partial charge on any atom is 0.137 e. The van der Waals surface area contributed by atoms with Crippen molar-refractivity contribution in [2.45, 2.75) is 11.3 Å². The van der Waals surface area contributed by atoms with Crippen LogP contribution in [0.1, 0.15) is 28.2 Å². The molecule has 2 nitrogen and oxygen atoms in total. The second-order valence-corrected chi connectivity index (χ2v) is 10.9. The largest absolute Gasteiger partial charge is 0.456 e. The third-order valence-corrected chi connectivity index (χ3v) is 9.15. The van der Waals surface area contributed by atoms with Crippen LogP contribution in [0.25, 0.3) is 33.1 Å². The molecule has 184 valence electrons. The van der Waals surface area contributed by atoms with Gasteiger partial charge in [0.05, 0.1) is 16.5 Å². The lowest BCUT2D eigenvalue weighted by molar-refractivity contribution is 0.465. The topological polar surface area (TPSA) is 25.2 Å². The molecule has 3 aliphatic rings. The lowest BCUT2D eigenvalue weighted by Crippen LogP contribution is -2.32. The molecule has 39 heavy (non-hydrogen) atoms. The molecule has 0 saturated carbocycles. The Morgan fingerprint density at radius 1 is 0.615 bits per heavy atom. The van der Waals surface area contributed by atoms with Crippen molar-refractivity contribution in [1.29, 1.82) is 0 Å². The number of rotatable bonds is 2. The van der Waals surface area contributed by atoms with E-state index in [9.17, 15) is 0 Å². The van der Waals surface area contributed by atoms with E-state index in [4.69, 9.17) is 4.42 Å². The predicted octanol–water partition coefficient (Wildman–Crippen LogP) is 9.48. The minimum Gasteiger partial charge on any atom is -0.456 e. The molecule has 0 radical (unpaired) electrons. The molecule has 0 aliphatic heterocycles. The second-order valence-electron chi connectivity index (χ2n) is 10.9. The Hall–Kier alpha value is -4.82. The molecule has 5 aromatic carbocycles. The molecule has 1 spiro atoms. The maximum absolute atomic E-state index is 6.17. The Morgan fingerprint density at radius 2 is 1.33 bits per heavy atom. The van der Waals surface area contributed by atoms with Crippen LogP contribution >= 0.6 is 0 Å². The number of anilines is 2. The summed E-state index contributed by atoms with van der Waals surface area (Å²) >= 11 is 0. The smallest absolute Gasteiger partial charge is 0.137 e. The fourth-order valence-corrected chi connectivity index (χ4v) is 7.72. The predicted molar refractivity (Wildman–Crippen MR) is 160 cm³/mol. The average Bonchev–Trinajstić information content (AvgIpc) is 3.62. The van der Waals surface area contributed by atoms with Crippen LogP contribution in [0.15, 0.2) is 138 Å². The van der Waals surface area contributed by atoms with Gasteiger partial charge in [0.2, 0.25) is 0 Å². The Balaban J connectivity index is 1.28. The van der Waals surface area contributed by atoms with E-state index in [-0.39, 0.29) is 5.41 Å². The summed E-state index contributed by atoms with van der Waals surface area (Å²) in [6, 6.07) is 39.6. The van der Waals surface area contributed by atoms with E-state index in [2.05, 4.69) is 121 Å². The molecule has 2 heteroatoms. The summed E-state index contributed by atoms with van der Waals surface area (Å²) in [4.78, 5) is 0. The minimum absolute atomic E-state index is 0.222. The molecule has 9 rings (SSSR count). The van der Waals surface area contributed by atoms with Gasteiger partial charge in [0.25, 0.3) is 0 Å². The Labute approximate surface area is 226 Å². The SMILES string of the molecule is C1=CC2c3ccc(Nc4cccc5oc6ccccc6c45)cc3C3(c4ccccc4-c4ccccc43)C2C=C1. The first kappa shape index (κ1) is 21.2. The average molecular weight is 500 g/mol. The Bertz CT molecular complexity index is 1980. The van der Waals surface area contributed by atoms with Crippen molar-refractivity contribution >= 4 is 33.3 Å². The van der Waals surface area contributed by atoms with Crippen molar-refractivity contribution in [3.63, 3.8) is 0 Å². The molecule has 0 fully saturated rings. The molecule has 2 atom stereocenters. The molecule has 0 bridgehead atoms. The van der Waals surface area contributed by atoms with Crippen LogP contribution in [0.3, 0.4) is 0 Å². The van der Waals surface area contributed by atoms with Crippen molar-refractivity contribution in [3.8, 4) is 11.1 Å². The summed E-state index contributed by atoms with van der Waals surface area (Å²) < 4.78 is 6.17. The summed E-state index contributed by atoms with van der Waals surface area (Å²) in [7, 11) is 0. The maximum atomic E-state index is 6.17. The minimum atomic E-state index is -0.222. The van der Waals surface area contributed by atoms with Crippen LogP contribution < -0.4 is 5.32 Å². The van der Waals surface area contributed by atoms with E-state index in [1.165, 1.54) is 33.4 Å². The van der Waals surface area contributed by atoms with Crippen LogP contribution in [0.4, 0.5) is 11.4 Å². The zero-order valence-electron chi connectivity index (χ0n) is 21.3. The first-order valence-corrected chi connectivity index (χ1v) is 13.7. The molecule has 0 amide bonds. The Kier molecular flexibility index (Phi) is 4.13. The Morgan fingerprint density at radius 3 is 2.18 bits per heavy atom. The number of hydrogen-bond acceptors (Lipinski definition) is 2. The number of nitrogens with one attached hydrogen (secondary N) is 1. The van der Waals surface area contributed by atoms with Gasteiger partial charge in [0.15, 0.2) is 0 Å². The zero-order valence-corrected chi connectivity index (χ0v) is 21.3. The van der Waals surface area contributed by atoms with Crippen LogP contribution in [0, 0.1) is 5.92 Å². The summed E-state index contributed by atoms with van der Waals surface area (Å²) in [6.45, 7) is 0. The third kappa shape index (κ3) is 2.66. The van der Waals surface area contributed by atoms with Gasteiger partial charge in [-0.1, -0.05) is 103 Å². The second kappa shape index (κ2) is 7.61. The van der Waals surface area contributed by atoms with Gasteiger partial charge in [0.1, 0.15) is 11.2 Å². The summed E-state index contributed by atoms with van der Waals surface area (Å²) in [5.41, 5.74) is 12.1. The zero-order chi connectivity index (χ0) is 25.6. The van der Waals surface area contributed by atoms with Crippen LogP contribution in [0.5, 0.6) is 0 Å². The number of fused-ring (bicyclic) bond motifs is 13. The van der Waals surface area contributed by atoms with Crippen LogP contribution in [0.2, 0.25) is 0 Å². The van der Waals surface area contributed by atoms with E-state index in [1.807, 2.05) is 18.2 Å². The van der Waals surface area contributed by atoms with E-state index >= 15 is 0 Å². The molecule has 1 N–H and O–H groups in total. The van der Waals surface area contributed by atoms with Gasteiger partial charge in [-0.3, -0.25) is 0 Å². The molecule has 6 aromatic rings. The third-order valence-electron chi connectivity index (χ3n) is 9.15. The van der Waals surface area contributed by atoms with Crippen molar-refractivity contribution < 1.29 is 4.42 Å². The van der Waals surface area contributed by atoms with E-state index < -0.39 is 0 Å². The molecule has 1 aromatic heterocycles. The number of benzene rings is 5. The first-order valence-electron chi connectivity index (χ1n) is 13.7. The van der Waals surface area contributed by atoms with Gasteiger partial charge in [-0.05, 0) is 63.7 Å². The van der Waals surface area contributed by atoms with Gasteiger partial charge in [-0.15, -0.1) is 0 Å². The van der Waals surface area contributed by atoms with Gasteiger partial charge in [0, 0.05) is 22.9 Å². The number of allylic oxidation sites excluding steroid dienone is 4. The van der Waals surface area contributed by atoms with Crippen molar-refractivity contribution in [2.24, 2.45) is 5.92 Å². The van der Waals surface area contributed by atoms with E-state index in [0.29, 0.717) is 11.8 Å². The van der Waals surface area contributed by atoms with Crippen LogP contribution in [-0.4, -0.2) is 0 Å². The standard InChI is InChI=1S/C37H25NO/c1-5-14-29-24(10-1)25-11-2-6-15-30(25)37(29)31-16-7-3-12-26(31)27-21-20-23(22-32(27)37)38-33-17-9-19-35-36(33)28-13-4-8-18-34(28)39-35/h1-22,26,31,38H. The molecule has 3 aliphatic carbocycles. The lowest BCUT2D eigenvalue weighted by Gasteiger charge is -2.36. The van der Waals surface area contributed by atoms with E-state index in [1.54, 1.807) is 0 Å². The highest BCUT2D eigenvalue weighted by Crippen LogP contribution is 2.65. The van der Waals surface area contributed by atoms with Gasteiger partial charge >= 0.3 is 0 Å². The lowest BCUT2D eigenvalue weighted by atomic mass is 9.65. The van der Waals surface area contributed by atoms with Crippen molar-refractivity contribution in [1.82, 2.24) is 0 Å². The van der Waals surface area contributed by atoms with Gasteiger partial charge < -0.3 is 9.73 Å². The number of hydrogen-bond donors (Lipinski definition) is 1. The quantitative estimate of drug-likeness (QED) is 0.257. The van der Waals surface area contributed by atoms with Crippen molar-refractivity contribution in [2.75, 3.05) is 5.32 Å². The van der Waals surface area contributed by atoms with Gasteiger partial charge in [-0.25, -0.2) is 0 Å². The highest BCUT2D eigenvalue weighted by atomic mass is 16.3.